The topological polar surface area (TPSA) is 57.8 Å². The smallest absolute Gasteiger partial charge is 0.251 e. The van der Waals surface area contributed by atoms with Crippen LogP contribution in [0, 0.1) is 0 Å². The number of pyridine rings is 1. The lowest BCUT2D eigenvalue weighted by Crippen LogP contribution is -2.31. The lowest BCUT2D eigenvalue weighted by Gasteiger charge is -2.17. The van der Waals surface area contributed by atoms with Crippen LogP contribution in [-0.2, 0) is 6.42 Å². The van der Waals surface area contributed by atoms with Gasteiger partial charge >= 0.3 is 0 Å². The molecule has 1 aliphatic rings. The molecule has 0 bridgehead atoms. The van der Waals surface area contributed by atoms with E-state index in [0.29, 0.717) is 11.6 Å². The van der Waals surface area contributed by atoms with Crippen LogP contribution in [0.3, 0.4) is 0 Å². The van der Waals surface area contributed by atoms with Gasteiger partial charge in [-0.15, -0.1) is 0 Å². The summed E-state index contributed by atoms with van der Waals surface area (Å²) in [5.74, 6) is 0.00596. The first kappa shape index (κ1) is 12.4. The Bertz CT molecular complexity index is 869. The van der Waals surface area contributed by atoms with Crippen LogP contribution < -0.4 is 5.32 Å². The molecule has 2 N–H and O–H groups in total. The molecule has 1 aliphatic heterocycles. The maximum absolute atomic E-state index is 11.8. The Balaban J connectivity index is 1.89. The number of H-pyrrole nitrogens is 1. The van der Waals surface area contributed by atoms with Crippen molar-refractivity contribution in [3.63, 3.8) is 0 Å². The van der Waals surface area contributed by atoms with Crippen LogP contribution in [0.1, 0.15) is 15.9 Å². The summed E-state index contributed by atoms with van der Waals surface area (Å²) in [5, 5.41) is 4.46. The molecule has 1 amide bonds. The number of carbonyl (C=O) groups excluding carboxylic acids is 1. The van der Waals surface area contributed by atoms with Crippen LogP contribution in [0.5, 0.6) is 0 Å². The molecule has 0 aliphatic carbocycles. The minimum atomic E-state index is 0.00596. The Hall–Kier alpha value is -2.33. The average molecular weight is 298 g/mol. The first-order valence-corrected chi connectivity index (χ1v) is 7.14. The number of hydrogen-bond acceptors (Lipinski definition) is 2. The third kappa shape index (κ3) is 1.99. The summed E-state index contributed by atoms with van der Waals surface area (Å²) >= 11 is 6.04. The molecule has 0 spiro atoms. The van der Waals surface area contributed by atoms with Crippen molar-refractivity contribution in [3.05, 3.63) is 52.8 Å². The van der Waals surface area contributed by atoms with Crippen molar-refractivity contribution < 1.29 is 4.79 Å². The Labute approximate surface area is 126 Å². The number of halogens is 1. The van der Waals surface area contributed by atoms with Gasteiger partial charge in [0.1, 0.15) is 5.65 Å². The second-order valence-electron chi connectivity index (χ2n) is 5.13. The number of fused-ring (bicyclic) bond motifs is 2. The van der Waals surface area contributed by atoms with Gasteiger partial charge in [0, 0.05) is 35.5 Å². The van der Waals surface area contributed by atoms with Crippen LogP contribution >= 0.6 is 11.6 Å². The summed E-state index contributed by atoms with van der Waals surface area (Å²) in [6, 6.07) is 7.84. The van der Waals surface area contributed by atoms with Gasteiger partial charge in [-0.05, 0) is 29.7 Å². The standard InChI is InChI=1S/C16H12ClN3O/c17-11-6-13-14(8-20-15(13)19-7-11)9-1-2-12-10(5-9)3-4-18-16(12)21/h1-2,5-8H,3-4H2,(H,18,21)(H,19,20). The van der Waals surface area contributed by atoms with E-state index in [-0.39, 0.29) is 5.91 Å². The number of benzene rings is 1. The molecule has 3 aromatic rings. The number of carbonyl (C=O) groups is 1. The third-order valence-corrected chi connectivity index (χ3v) is 4.05. The number of nitrogens with one attached hydrogen (secondary N) is 2. The quantitative estimate of drug-likeness (QED) is 0.725. The number of hydrogen-bond donors (Lipinski definition) is 2. The number of aromatic amines is 1. The predicted molar refractivity (Wildman–Crippen MR) is 82.6 cm³/mol. The number of amides is 1. The molecule has 21 heavy (non-hydrogen) atoms. The van der Waals surface area contributed by atoms with Gasteiger partial charge in [0.05, 0.1) is 5.02 Å². The lowest BCUT2D eigenvalue weighted by atomic mass is 9.95. The molecule has 0 radical (unpaired) electrons. The van der Waals surface area contributed by atoms with Gasteiger partial charge in [0.25, 0.3) is 5.91 Å². The van der Waals surface area contributed by atoms with E-state index < -0.39 is 0 Å². The Morgan fingerprint density at radius 2 is 2.10 bits per heavy atom. The lowest BCUT2D eigenvalue weighted by molar-refractivity contribution is 0.0946. The first-order chi connectivity index (χ1) is 10.2. The van der Waals surface area contributed by atoms with Crippen molar-refractivity contribution in [2.75, 3.05) is 6.54 Å². The third-order valence-electron chi connectivity index (χ3n) is 3.84. The summed E-state index contributed by atoms with van der Waals surface area (Å²) < 4.78 is 0. The maximum atomic E-state index is 11.8. The number of rotatable bonds is 1. The Morgan fingerprint density at radius 3 is 3.00 bits per heavy atom. The molecule has 4 rings (SSSR count). The highest BCUT2D eigenvalue weighted by molar-refractivity contribution is 6.31. The van der Waals surface area contributed by atoms with Crippen LogP contribution in [0.4, 0.5) is 0 Å². The Kier molecular flexibility index (Phi) is 2.72. The molecule has 104 valence electrons. The van der Waals surface area contributed by atoms with Crippen LogP contribution in [0.25, 0.3) is 22.2 Å². The van der Waals surface area contributed by atoms with Gasteiger partial charge in [-0.3, -0.25) is 4.79 Å². The molecule has 5 heteroatoms. The number of nitrogens with zero attached hydrogens (tertiary/aromatic N) is 1. The predicted octanol–water partition coefficient (Wildman–Crippen LogP) is 3.17. The van der Waals surface area contributed by atoms with Crippen molar-refractivity contribution in [3.8, 4) is 11.1 Å². The van der Waals surface area contributed by atoms with Crippen LogP contribution in [-0.4, -0.2) is 22.4 Å². The summed E-state index contributed by atoms with van der Waals surface area (Å²) in [6.07, 6.45) is 4.41. The van der Waals surface area contributed by atoms with E-state index in [1.807, 2.05) is 24.4 Å². The molecule has 0 saturated carbocycles. The van der Waals surface area contributed by atoms with E-state index in [1.165, 1.54) is 0 Å². The highest BCUT2D eigenvalue weighted by atomic mass is 35.5. The summed E-state index contributed by atoms with van der Waals surface area (Å²) in [4.78, 5) is 19.2. The average Bonchev–Trinajstić information content (AvgIpc) is 2.90. The summed E-state index contributed by atoms with van der Waals surface area (Å²) in [6.45, 7) is 0.691. The fourth-order valence-corrected chi connectivity index (χ4v) is 2.97. The zero-order chi connectivity index (χ0) is 14.4. The molecule has 2 aromatic heterocycles. The van der Waals surface area contributed by atoms with Gasteiger partial charge in [-0.2, -0.15) is 0 Å². The van der Waals surface area contributed by atoms with Gasteiger partial charge < -0.3 is 10.3 Å². The molecule has 0 fully saturated rings. The Morgan fingerprint density at radius 1 is 1.19 bits per heavy atom. The largest absolute Gasteiger partial charge is 0.352 e. The van der Waals surface area contributed by atoms with Crippen molar-refractivity contribution >= 4 is 28.5 Å². The highest BCUT2D eigenvalue weighted by Crippen LogP contribution is 2.31. The van der Waals surface area contributed by atoms with Gasteiger partial charge in [0.2, 0.25) is 0 Å². The maximum Gasteiger partial charge on any atom is 0.251 e. The van der Waals surface area contributed by atoms with E-state index in [9.17, 15) is 4.79 Å². The minimum absolute atomic E-state index is 0.00596. The summed E-state index contributed by atoms with van der Waals surface area (Å²) in [7, 11) is 0. The van der Waals surface area contributed by atoms with E-state index in [4.69, 9.17) is 11.6 Å². The summed E-state index contributed by atoms with van der Waals surface area (Å²) in [5.41, 5.74) is 4.78. The number of aromatic nitrogens is 2. The van der Waals surface area contributed by atoms with Gasteiger partial charge in [-0.25, -0.2) is 4.98 Å². The fourth-order valence-electron chi connectivity index (χ4n) is 2.81. The zero-order valence-electron chi connectivity index (χ0n) is 11.1. The highest BCUT2D eigenvalue weighted by Gasteiger charge is 2.17. The second kappa shape index (κ2) is 4.60. The van der Waals surface area contributed by atoms with E-state index in [2.05, 4.69) is 21.4 Å². The minimum Gasteiger partial charge on any atom is -0.352 e. The molecular weight excluding hydrogens is 286 g/mol. The molecule has 3 heterocycles. The van der Waals surface area contributed by atoms with E-state index >= 15 is 0 Å². The van der Waals surface area contributed by atoms with Crippen molar-refractivity contribution in [2.24, 2.45) is 0 Å². The zero-order valence-corrected chi connectivity index (χ0v) is 11.9. The second-order valence-corrected chi connectivity index (χ2v) is 5.57. The first-order valence-electron chi connectivity index (χ1n) is 6.76. The monoisotopic (exact) mass is 297 g/mol. The molecule has 0 atom stereocenters. The van der Waals surface area contributed by atoms with Crippen molar-refractivity contribution in [2.45, 2.75) is 6.42 Å². The van der Waals surface area contributed by atoms with E-state index in [1.54, 1.807) is 6.20 Å². The van der Waals surface area contributed by atoms with E-state index in [0.717, 1.165) is 39.7 Å². The van der Waals surface area contributed by atoms with Crippen molar-refractivity contribution in [1.82, 2.24) is 15.3 Å². The normalized spacial score (nSPS) is 14.0. The van der Waals surface area contributed by atoms with Crippen LogP contribution in [0.15, 0.2) is 36.7 Å². The van der Waals surface area contributed by atoms with Gasteiger partial charge in [-0.1, -0.05) is 23.7 Å². The molecule has 4 nitrogen and oxygen atoms in total. The van der Waals surface area contributed by atoms with Gasteiger partial charge in [0.15, 0.2) is 0 Å². The van der Waals surface area contributed by atoms with Crippen LogP contribution in [0.2, 0.25) is 5.02 Å². The molecule has 0 saturated heterocycles. The molecule has 1 aromatic carbocycles. The fraction of sp³-hybridized carbons (Fsp3) is 0.125. The molecule has 0 unspecified atom stereocenters. The SMILES string of the molecule is O=C1NCCc2cc(-c3c[nH]c4ncc(Cl)cc34)ccc21. The van der Waals surface area contributed by atoms with Crippen molar-refractivity contribution in [1.29, 1.82) is 0 Å². The molecular formula is C16H12ClN3O.